The van der Waals surface area contributed by atoms with Crippen LogP contribution in [0.2, 0.25) is 0 Å². The molecule has 1 heterocycles. The summed E-state index contributed by atoms with van der Waals surface area (Å²) in [6.45, 7) is 0. The van der Waals surface area contributed by atoms with Crippen LogP contribution in [0.25, 0.3) is 0 Å². The summed E-state index contributed by atoms with van der Waals surface area (Å²) >= 11 is 0. The van der Waals surface area contributed by atoms with E-state index in [2.05, 4.69) is 17.2 Å². The van der Waals surface area contributed by atoms with Gasteiger partial charge in [-0.05, 0) is 24.5 Å². The predicted octanol–water partition coefficient (Wildman–Crippen LogP) is 1.96. The number of benzene rings is 1. The van der Waals surface area contributed by atoms with Crippen LogP contribution in [0.3, 0.4) is 0 Å². The Labute approximate surface area is 102 Å². The van der Waals surface area contributed by atoms with E-state index >= 15 is 0 Å². The van der Waals surface area contributed by atoms with Crippen LogP contribution in [0.5, 0.6) is 0 Å². The molecule has 0 aliphatic carbocycles. The van der Waals surface area contributed by atoms with Crippen molar-refractivity contribution in [3.05, 3.63) is 53.9 Å². The van der Waals surface area contributed by atoms with Gasteiger partial charge in [0, 0.05) is 19.7 Å². The summed E-state index contributed by atoms with van der Waals surface area (Å²) in [5.74, 6) is 0. The summed E-state index contributed by atoms with van der Waals surface area (Å²) in [7, 11) is 1.89. The van der Waals surface area contributed by atoms with E-state index in [0.29, 0.717) is 6.42 Å². The first kappa shape index (κ1) is 11.9. The molecule has 17 heavy (non-hydrogen) atoms. The number of nitrogens with zero attached hydrogens (tertiary/aromatic N) is 2. The van der Waals surface area contributed by atoms with Gasteiger partial charge in [0.05, 0.1) is 11.8 Å². The Bertz CT molecular complexity index is 450. The first-order chi connectivity index (χ1) is 8.24. The van der Waals surface area contributed by atoms with E-state index in [1.807, 2.05) is 37.5 Å². The molecule has 0 saturated heterocycles. The fourth-order valence-electron chi connectivity index (χ4n) is 1.89. The summed E-state index contributed by atoms with van der Waals surface area (Å²) in [6, 6.07) is 12.2. The third-order valence-corrected chi connectivity index (χ3v) is 2.82. The molecular formula is C14H18N2O. The van der Waals surface area contributed by atoms with E-state index in [4.69, 9.17) is 0 Å². The summed E-state index contributed by atoms with van der Waals surface area (Å²) < 4.78 is 1.76. The summed E-state index contributed by atoms with van der Waals surface area (Å²) in [5.41, 5.74) is 2.22. The van der Waals surface area contributed by atoms with Gasteiger partial charge in [0.25, 0.3) is 0 Å². The van der Waals surface area contributed by atoms with Gasteiger partial charge >= 0.3 is 0 Å². The highest BCUT2D eigenvalue weighted by molar-refractivity contribution is 5.14. The lowest BCUT2D eigenvalue weighted by atomic mass is 10.0. The van der Waals surface area contributed by atoms with Gasteiger partial charge in [0.2, 0.25) is 0 Å². The van der Waals surface area contributed by atoms with Gasteiger partial charge in [-0.25, -0.2) is 0 Å². The molecule has 1 aromatic carbocycles. The average molecular weight is 230 g/mol. The lowest BCUT2D eigenvalue weighted by Crippen LogP contribution is -2.12. The summed E-state index contributed by atoms with van der Waals surface area (Å²) in [6.07, 6.45) is 3.91. The van der Waals surface area contributed by atoms with Crippen molar-refractivity contribution in [1.29, 1.82) is 0 Å². The van der Waals surface area contributed by atoms with Crippen LogP contribution in [-0.2, 0) is 19.9 Å². The van der Waals surface area contributed by atoms with Crippen molar-refractivity contribution in [3.63, 3.8) is 0 Å². The Morgan fingerprint density at radius 3 is 2.65 bits per heavy atom. The first-order valence-corrected chi connectivity index (χ1v) is 5.94. The number of hydrogen-bond donors (Lipinski definition) is 1. The molecule has 1 unspecified atom stereocenters. The summed E-state index contributed by atoms with van der Waals surface area (Å²) in [5, 5.41) is 14.2. The van der Waals surface area contributed by atoms with E-state index < -0.39 is 0 Å². The average Bonchev–Trinajstić information content (AvgIpc) is 2.73. The number of aryl methyl sites for hydroxylation is 2. The molecule has 0 spiro atoms. The van der Waals surface area contributed by atoms with E-state index in [9.17, 15) is 5.11 Å². The maximum atomic E-state index is 9.92. The normalized spacial score (nSPS) is 12.6. The maximum absolute atomic E-state index is 9.92. The minimum atomic E-state index is -0.315. The minimum absolute atomic E-state index is 0.315. The molecule has 0 aliphatic rings. The van der Waals surface area contributed by atoms with Crippen LogP contribution in [0.15, 0.2) is 42.6 Å². The molecule has 0 amide bonds. The Morgan fingerprint density at radius 1 is 1.24 bits per heavy atom. The van der Waals surface area contributed by atoms with Crippen LogP contribution in [-0.4, -0.2) is 21.0 Å². The fourth-order valence-corrected chi connectivity index (χ4v) is 1.89. The minimum Gasteiger partial charge on any atom is -0.393 e. The van der Waals surface area contributed by atoms with Crippen LogP contribution in [0.1, 0.15) is 17.7 Å². The molecular weight excluding hydrogens is 212 g/mol. The highest BCUT2D eigenvalue weighted by Gasteiger charge is 2.07. The fraction of sp³-hybridized carbons (Fsp3) is 0.357. The molecule has 0 aliphatic heterocycles. The van der Waals surface area contributed by atoms with E-state index in [0.717, 1.165) is 18.5 Å². The molecule has 1 N–H and O–H groups in total. The summed E-state index contributed by atoms with van der Waals surface area (Å²) in [4.78, 5) is 0. The molecule has 0 fully saturated rings. The first-order valence-electron chi connectivity index (χ1n) is 5.94. The predicted molar refractivity (Wildman–Crippen MR) is 67.7 cm³/mol. The smallest absolute Gasteiger partial charge is 0.0650 e. The number of aliphatic hydroxyl groups is 1. The lowest BCUT2D eigenvalue weighted by Gasteiger charge is -2.08. The van der Waals surface area contributed by atoms with Gasteiger partial charge in [0.1, 0.15) is 0 Å². The maximum Gasteiger partial charge on any atom is 0.0650 e. The second-order valence-corrected chi connectivity index (χ2v) is 4.36. The third kappa shape index (κ3) is 3.71. The van der Waals surface area contributed by atoms with Gasteiger partial charge in [-0.3, -0.25) is 4.68 Å². The number of hydrogen-bond acceptors (Lipinski definition) is 2. The van der Waals surface area contributed by atoms with Crippen molar-refractivity contribution in [3.8, 4) is 0 Å². The SMILES string of the molecule is Cn1ccc(CC(O)CCc2ccccc2)n1. The number of aliphatic hydroxyl groups excluding tert-OH is 1. The third-order valence-electron chi connectivity index (χ3n) is 2.82. The molecule has 0 radical (unpaired) electrons. The Hall–Kier alpha value is -1.61. The van der Waals surface area contributed by atoms with E-state index in [1.165, 1.54) is 5.56 Å². The molecule has 90 valence electrons. The van der Waals surface area contributed by atoms with Crippen LogP contribution in [0, 0.1) is 0 Å². The van der Waals surface area contributed by atoms with Gasteiger partial charge in [-0.1, -0.05) is 30.3 Å². The van der Waals surface area contributed by atoms with E-state index in [1.54, 1.807) is 4.68 Å². The van der Waals surface area contributed by atoms with Crippen molar-refractivity contribution in [1.82, 2.24) is 9.78 Å². The monoisotopic (exact) mass is 230 g/mol. The van der Waals surface area contributed by atoms with Gasteiger partial charge < -0.3 is 5.11 Å². The van der Waals surface area contributed by atoms with Gasteiger partial charge in [-0.15, -0.1) is 0 Å². The molecule has 0 bridgehead atoms. The van der Waals surface area contributed by atoms with Crippen LogP contribution >= 0.6 is 0 Å². The van der Waals surface area contributed by atoms with Crippen molar-refractivity contribution in [2.24, 2.45) is 7.05 Å². The second-order valence-electron chi connectivity index (χ2n) is 4.36. The number of aromatic nitrogens is 2. The zero-order valence-corrected chi connectivity index (χ0v) is 10.1. The molecule has 2 aromatic rings. The van der Waals surface area contributed by atoms with Crippen molar-refractivity contribution in [2.45, 2.75) is 25.4 Å². The quantitative estimate of drug-likeness (QED) is 0.852. The van der Waals surface area contributed by atoms with Gasteiger partial charge in [0.15, 0.2) is 0 Å². The molecule has 0 saturated carbocycles. The van der Waals surface area contributed by atoms with Crippen molar-refractivity contribution >= 4 is 0 Å². The standard InChI is InChI=1S/C14H18N2O/c1-16-10-9-13(15-16)11-14(17)8-7-12-5-3-2-4-6-12/h2-6,9-10,14,17H,7-8,11H2,1H3. The highest BCUT2D eigenvalue weighted by atomic mass is 16.3. The topological polar surface area (TPSA) is 38.0 Å². The zero-order valence-electron chi connectivity index (χ0n) is 10.1. The number of rotatable bonds is 5. The molecule has 2 rings (SSSR count). The van der Waals surface area contributed by atoms with Crippen molar-refractivity contribution in [2.75, 3.05) is 0 Å². The lowest BCUT2D eigenvalue weighted by molar-refractivity contribution is 0.164. The molecule has 3 nitrogen and oxygen atoms in total. The second kappa shape index (κ2) is 5.64. The van der Waals surface area contributed by atoms with E-state index in [-0.39, 0.29) is 6.10 Å². The zero-order chi connectivity index (χ0) is 12.1. The van der Waals surface area contributed by atoms with Crippen LogP contribution < -0.4 is 0 Å². The van der Waals surface area contributed by atoms with Gasteiger partial charge in [-0.2, -0.15) is 5.10 Å². The Kier molecular flexibility index (Phi) is 3.94. The molecule has 3 heteroatoms. The highest BCUT2D eigenvalue weighted by Crippen LogP contribution is 2.08. The Balaban J connectivity index is 1.80. The molecule has 1 atom stereocenters. The molecule has 1 aromatic heterocycles. The Morgan fingerprint density at radius 2 is 2.00 bits per heavy atom. The van der Waals surface area contributed by atoms with Crippen molar-refractivity contribution < 1.29 is 5.11 Å². The largest absolute Gasteiger partial charge is 0.393 e. The van der Waals surface area contributed by atoms with Crippen LogP contribution in [0.4, 0.5) is 0 Å².